The molecule has 140 valence electrons. The number of amides is 1. The number of hydrogen-bond donors (Lipinski definition) is 2. The fraction of sp³-hybridized carbons (Fsp3) is 0.188. The molecule has 3 rings (SSSR count). The molecule has 11 heteroatoms. The molecular formula is C16H13F3N6O2. The Morgan fingerprint density at radius 2 is 1.93 bits per heavy atom. The second kappa shape index (κ2) is 7.02. The molecule has 0 radical (unpaired) electrons. The van der Waals surface area contributed by atoms with Crippen molar-refractivity contribution in [3.8, 4) is 17.4 Å². The van der Waals surface area contributed by atoms with Crippen LogP contribution >= 0.6 is 0 Å². The predicted molar refractivity (Wildman–Crippen MR) is 86.3 cm³/mol. The molecule has 0 unspecified atom stereocenters. The van der Waals surface area contributed by atoms with Gasteiger partial charge in [0.15, 0.2) is 5.82 Å². The molecule has 27 heavy (non-hydrogen) atoms. The van der Waals surface area contributed by atoms with E-state index in [1.165, 1.54) is 23.1 Å². The number of aromatic nitrogens is 5. The molecule has 2 aromatic heterocycles. The van der Waals surface area contributed by atoms with Gasteiger partial charge in [-0.2, -0.15) is 33.1 Å². The van der Waals surface area contributed by atoms with Crippen molar-refractivity contribution in [2.24, 2.45) is 7.05 Å². The zero-order chi connectivity index (χ0) is 19.6. The van der Waals surface area contributed by atoms with Gasteiger partial charge in [0.1, 0.15) is 11.3 Å². The monoisotopic (exact) mass is 378 g/mol. The van der Waals surface area contributed by atoms with Crippen LogP contribution in [0.3, 0.4) is 0 Å². The van der Waals surface area contributed by atoms with Gasteiger partial charge in [0, 0.05) is 19.8 Å². The van der Waals surface area contributed by atoms with Gasteiger partial charge in [0.2, 0.25) is 5.88 Å². The SMILES string of the molecule is Cn1ncc(-c2ncc(C(=O)NCc3ccc(C(F)(F)F)cc3)c(O)n2)n1. The van der Waals surface area contributed by atoms with Crippen molar-refractivity contribution >= 4 is 5.91 Å². The minimum absolute atomic E-state index is 0.0255. The zero-order valence-electron chi connectivity index (χ0n) is 13.9. The van der Waals surface area contributed by atoms with Gasteiger partial charge in [-0.1, -0.05) is 12.1 Å². The standard InChI is InChI=1S/C16H13F3N6O2/c1-25-22-8-12(24-25)13-20-7-11(15(27)23-13)14(26)21-6-9-2-4-10(5-3-9)16(17,18)19/h2-5,7-8H,6H2,1H3,(H,21,26)(H,20,23,27). The highest BCUT2D eigenvalue weighted by atomic mass is 19.4. The lowest BCUT2D eigenvalue weighted by Crippen LogP contribution is -2.23. The van der Waals surface area contributed by atoms with E-state index in [9.17, 15) is 23.1 Å². The quantitative estimate of drug-likeness (QED) is 0.719. The number of hydrogen-bond acceptors (Lipinski definition) is 6. The van der Waals surface area contributed by atoms with E-state index in [2.05, 4.69) is 25.5 Å². The van der Waals surface area contributed by atoms with Crippen molar-refractivity contribution < 1.29 is 23.1 Å². The molecule has 2 heterocycles. The number of alkyl halides is 3. The third kappa shape index (κ3) is 4.19. The maximum atomic E-state index is 12.5. The molecule has 1 amide bonds. The van der Waals surface area contributed by atoms with Crippen molar-refractivity contribution in [1.82, 2.24) is 30.3 Å². The largest absolute Gasteiger partial charge is 0.493 e. The molecule has 0 spiro atoms. The number of carbonyl (C=O) groups is 1. The van der Waals surface area contributed by atoms with Crippen LogP contribution in [0.5, 0.6) is 5.88 Å². The summed E-state index contributed by atoms with van der Waals surface area (Å²) in [6.07, 6.45) is -1.89. The zero-order valence-corrected chi connectivity index (χ0v) is 13.9. The van der Waals surface area contributed by atoms with E-state index in [0.717, 1.165) is 18.3 Å². The molecular weight excluding hydrogens is 365 g/mol. The van der Waals surface area contributed by atoms with E-state index in [-0.39, 0.29) is 17.9 Å². The van der Waals surface area contributed by atoms with E-state index in [1.807, 2.05) is 0 Å². The Morgan fingerprint density at radius 1 is 1.22 bits per heavy atom. The first kappa shape index (κ1) is 18.3. The number of aromatic hydroxyl groups is 1. The van der Waals surface area contributed by atoms with Crippen molar-refractivity contribution in [3.05, 3.63) is 53.3 Å². The van der Waals surface area contributed by atoms with Crippen molar-refractivity contribution in [1.29, 1.82) is 0 Å². The van der Waals surface area contributed by atoms with Gasteiger partial charge >= 0.3 is 6.18 Å². The normalized spacial score (nSPS) is 11.4. The van der Waals surface area contributed by atoms with Gasteiger partial charge in [0.05, 0.1) is 11.8 Å². The number of carbonyl (C=O) groups excluding carboxylic acids is 1. The minimum Gasteiger partial charge on any atom is -0.493 e. The summed E-state index contributed by atoms with van der Waals surface area (Å²) in [5.41, 5.74) is -0.157. The summed E-state index contributed by atoms with van der Waals surface area (Å²) in [4.78, 5) is 21.2. The lowest BCUT2D eigenvalue weighted by molar-refractivity contribution is -0.137. The third-order valence-electron chi connectivity index (χ3n) is 3.58. The Labute approximate surface area is 150 Å². The predicted octanol–water partition coefficient (Wildman–Crippen LogP) is 1.93. The molecule has 0 atom stereocenters. The summed E-state index contributed by atoms with van der Waals surface area (Å²) < 4.78 is 37.6. The topological polar surface area (TPSA) is 106 Å². The van der Waals surface area contributed by atoms with Gasteiger partial charge in [-0.3, -0.25) is 4.79 Å². The van der Waals surface area contributed by atoms with Gasteiger partial charge in [-0.25, -0.2) is 4.98 Å². The van der Waals surface area contributed by atoms with Crippen LogP contribution in [0.15, 0.2) is 36.7 Å². The van der Waals surface area contributed by atoms with Crippen molar-refractivity contribution in [3.63, 3.8) is 0 Å². The smallest absolute Gasteiger partial charge is 0.416 e. The van der Waals surface area contributed by atoms with Crippen LogP contribution in [0.1, 0.15) is 21.5 Å². The summed E-state index contributed by atoms with van der Waals surface area (Å²) in [5.74, 6) is -1.12. The summed E-state index contributed by atoms with van der Waals surface area (Å²) in [6.45, 7) is -0.0255. The van der Waals surface area contributed by atoms with Crippen molar-refractivity contribution in [2.45, 2.75) is 12.7 Å². The van der Waals surface area contributed by atoms with Crippen LogP contribution < -0.4 is 5.32 Å². The minimum atomic E-state index is -4.42. The first-order valence-electron chi connectivity index (χ1n) is 7.61. The Bertz CT molecular complexity index is 969. The molecule has 1 aromatic carbocycles. The lowest BCUT2D eigenvalue weighted by Gasteiger charge is -2.09. The average molecular weight is 378 g/mol. The molecule has 0 saturated heterocycles. The molecule has 2 N–H and O–H groups in total. The molecule has 0 aliphatic carbocycles. The van der Waals surface area contributed by atoms with Crippen LogP contribution in [0, 0.1) is 0 Å². The fourth-order valence-corrected chi connectivity index (χ4v) is 2.19. The molecule has 0 fully saturated rings. The molecule has 0 saturated carbocycles. The maximum absolute atomic E-state index is 12.5. The number of halogens is 3. The van der Waals surface area contributed by atoms with Crippen LogP contribution in [0.25, 0.3) is 11.5 Å². The van der Waals surface area contributed by atoms with Gasteiger partial charge in [-0.15, -0.1) is 0 Å². The molecule has 0 aliphatic heterocycles. The second-order valence-electron chi connectivity index (χ2n) is 5.53. The van der Waals surface area contributed by atoms with Crippen LogP contribution in [0.2, 0.25) is 0 Å². The van der Waals surface area contributed by atoms with Gasteiger partial charge in [0.25, 0.3) is 5.91 Å². The Balaban J connectivity index is 1.67. The molecule has 0 aliphatic rings. The van der Waals surface area contributed by atoms with Crippen molar-refractivity contribution in [2.75, 3.05) is 0 Å². The summed E-state index contributed by atoms with van der Waals surface area (Å²) >= 11 is 0. The van der Waals surface area contributed by atoms with Crippen LogP contribution in [0.4, 0.5) is 13.2 Å². The van der Waals surface area contributed by atoms with Crippen LogP contribution in [-0.4, -0.2) is 36.0 Å². The fourth-order valence-electron chi connectivity index (χ4n) is 2.19. The highest BCUT2D eigenvalue weighted by molar-refractivity contribution is 5.96. The first-order valence-corrected chi connectivity index (χ1v) is 7.61. The maximum Gasteiger partial charge on any atom is 0.416 e. The van der Waals surface area contributed by atoms with Gasteiger partial charge in [-0.05, 0) is 17.7 Å². The molecule has 3 aromatic rings. The highest BCUT2D eigenvalue weighted by Crippen LogP contribution is 2.29. The number of nitrogens with zero attached hydrogens (tertiary/aromatic N) is 5. The lowest BCUT2D eigenvalue weighted by atomic mass is 10.1. The van der Waals surface area contributed by atoms with E-state index >= 15 is 0 Å². The third-order valence-corrected chi connectivity index (χ3v) is 3.58. The number of benzene rings is 1. The summed E-state index contributed by atoms with van der Waals surface area (Å²) in [5, 5.41) is 20.3. The Hall–Kier alpha value is -3.50. The summed E-state index contributed by atoms with van der Waals surface area (Å²) in [7, 11) is 1.60. The average Bonchev–Trinajstić information content (AvgIpc) is 3.05. The molecule has 0 bridgehead atoms. The Morgan fingerprint density at radius 3 is 2.48 bits per heavy atom. The van der Waals surface area contributed by atoms with Gasteiger partial charge < -0.3 is 10.4 Å². The van der Waals surface area contributed by atoms with Crippen LogP contribution in [-0.2, 0) is 19.8 Å². The first-order chi connectivity index (χ1) is 12.7. The highest BCUT2D eigenvalue weighted by Gasteiger charge is 2.29. The number of aryl methyl sites for hydroxylation is 1. The van der Waals surface area contributed by atoms with E-state index in [1.54, 1.807) is 7.05 Å². The summed E-state index contributed by atoms with van der Waals surface area (Å²) in [6, 6.07) is 4.38. The second-order valence-corrected chi connectivity index (χ2v) is 5.53. The number of nitrogens with one attached hydrogen (secondary N) is 1. The number of rotatable bonds is 4. The van der Waals surface area contributed by atoms with E-state index in [4.69, 9.17) is 0 Å². The molecule has 8 nitrogen and oxygen atoms in total. The Kier molecular flexibility index (Phi) is 4.75. The van der Waals surface area contributed by atoms with E-state index in [0.29, 0.717) is 11.3 Å². The van der Waals surface area contributed by atoms with E-state index < -0.39 is 23.5 Å².